The Labute approximate surface area is 310 Å². The van der Waals surface area contributed by atoms with Crippen LogP contribution < -0.4 is 0 Å². The Kier molecular flexibility index (Phi) is 37.4. The summed E-state index contributed by atoms with van der Waals surface area (Å²) in [5.41, 5.74) is 0. The number of carbonyl (C=O) groups is 3. The third-order valence-electron chi connectivity index (χ3n) is 10.2. The summed E-state index contributed by atoms with van der Waals surface area (Å²) in [6.45, 7) is 8.88. The highest BCUT2D eigenvalue weighted by atomic mass is 16.6. The van der Waals surface area contributed by atoms with Crippen LogP contribution in [-0.2, 0) is 28.6 Å². The first-order valence-corrected chi connectivity index (χ1v) is 21.9. The van der Waals surface area contributed by atoms with Gasteiger partial charge in [0.1, 0.15) is 13.2 Å². The molecule has 0 aliphatic heterocycles. The summed E-state index contributed by atoms with van der Waals surface area (Å²) in [5, 5.41) is 0. The third-order valence-corrected chi connectivity index (χ3v) is 10.2. The van der Waals surface area contributed by atoms with E-state index in [1.807, 2.05) is 0 Å². The average Bonchev–Trinajstić information content (AvgIpc) is 3.11. The molecule has 0 spiro atoms. The molecule has 0 radical (unpaired) electrons. The van der Waals surface area contributed by atoms with E-state index in [2.05, 4.69) is 27.7 Å². The maximum absolute atomic E-state index is 12.5. The summed E-state index contributed by atoms with van der Waals surface area (Å²) >= 11 is 0. The molecule has 0 aliphatic rings. The molecule has 0 saturated carbocycles. The van der Waals surface area contributed by atoms with E-state index >= 15 is 0 Å². The van der Waals surface area contributed by atoms with Gasteiger partial charge in [0, 0.05) is 19.3 Å². The summed E-state index contributed by atoms with van der Waals surface area (Å²) in [7, 11) is 0. The molecular weight excluding hydrogens is 624 g/mol. The van der Waals surface area contributed by atoms with Gasteiger partial charge in [-0.25, -0.2) is 0 Å². The molecule has 0 N–H and O–H groups in total. The zero-order valence-electron chi connectivity index (χ0n) is 33.9. The number of hydrogen-bond acceptors (Lipinski definition) is 6. The SMILES string of the molecule is CCCCCCCCCCCCCCCCCCCC(=O)OC[C@H](COC(=O)CCCCCCCCC(C)CC)OC(=O)CCCCCCC. The van der Waals surface area contributed by atoms with Crippen LogP contribution in [0.4, 0.5) is 0 Å². The fourth-order valence-electron chi connectivity index (χ4n) is 6.42. The molecule has 0 saturated heterocycles. The minimum atomic E-state index is -0.757. The van der Waals surface area contributed by atoms with Gasteiger partial charge in [-0.1, -0.05) is 201 Å². The highest BCUT2D eigenvalue weighted by Crippen LogP contribution is 2.16. The normalized spacial score (nSPS) is 12.5. The van der Waals surface area contributed by atoms with Crippen molar-refractivity contribution in [2.75, 3.05) is 13.2 Å². The van der Waals surface area contributed by atoms with Gasteiger partial charge in [-0.3, -0.25) is 14.4 Å². The Morgan fingerprint density at radius 2 is 0.700 bits per heavy atom. The largest absolute Gasteiger partial charge is 0.462 e. The first-order valence-electron chi connectivity index (χ1n) is 21.9. The maximum atomic E-state index is 12.5. The molecule has 50 heavy (non-hydrogen) atoms. The summed E-state index contributed by atoms with van der Waals surface area (Å²) in [4.78, 5) is 37.3. The van der Waals surface area contributed by atoms with Crippen LogP contribution in [0.25, 0.3) is 0 Å². The van der Waals surface area contributed by atoms with E-state index in [-0.39, 0.29) is 31.1 Å². The number of hydrogen-bond donors (Lipinski definition) is 0. The van der Waals surface area contributed by atoms with E-state index in [0.29, 0.717) is 19.3 Å². The standard InChI is InChI=1S/C44H84O6/c1-5-8-10-12-13-14-15-16-17-18-19-20-21-22-23-28-31-35-42(45)48-38-41(50-44(47)37-33-26-11-9-6-2)39-49-43(46)36-32-29-25-24-27-30-34-40(4)7-3/h40-41H,5-39H2,1-4H3/t40?,41-/m1/s1. The van der Waals surface area contributed by atoms with Crippen molar-refractivity contribution in [2.24, 2.45) is 5.92 Å². The number of rotatable bonds is 39. The minimum absolute atomic E-state index is 0.0662. The van der Waals surface area contributed by atoms with Gasteiger partial charge in [-0.05, 0) is 25.2 Å². The predicted octanol–water partition coefficient (Wildman–Crippen LogP) is 13.6. The molecule has 6 nitrogen and oxygen atoms in total. The molecule has 0 bridgehead atoms. The lowest BCUT2D eigenvalue weighted by atomic mass is 10.00. The van der Waals surface area contributed by atoms with Gasteiger partial charge in [-0.15, -0.1) is 0 Å². The molecule has 0 amide bonds. The van der Waals surface area contributed by atoms with Crippen molar-refractivity contribution >= 4 is 17.9 Å². The maximum Gasteiger partial charge on any atom is 0.306 e. The molecule has 296 valence electrons. The van der Waals surface area contributed by atoms with E-state index in [1.54, 1.807) is 0 Å². The minimum Gasteiger partial charge on any atom is -0.462 e. The lowest BCUT2D eigenvalue weighted by molar-refractivity contribution is -0.167. The molecule has 0 aromatic heterocycles. The van der Waals surface area contributed by atoms with Crippen molar-refractivity contribution in [2.45, 2.75) is 246 Å². The van der Waals surface area contributed by atoms with Crippen molar-refractivity contribution in [1.82, 2.24) is 0 Å². The van der Waals surface area contributed by atoms with Crippen molar-refractivity contribution in [3.05, 3.63) is 0 Å². The number of carbonyl (C=O) groups excluding carboxylic acids is 3. The van der Waals surface area contributed by atoms with Crippen molar-refractivity contribution < 1.29 is 28.6 Å². The van der Waals surface area contributed by atoms with Crippen molar-refractivity contribution in [3.63, 3.8) is 0 Å². The quantitative estimate of drug-likeness (QED) is 0.0359. The van der Waals surface area contributed by atoms with E-state index in [1.165, 1.54) is 128 Å². The molecule has 0 heterocycles. The average molecular weight is 709 g/mol. The van der Waals surface area contributed by atoms with E-state index in [0.717, 1.165) is 70.1 Å². The number of esters is 3. The van der Waals surface area contributed by atoms with Crippen LogP contribution in [0.5, 0.6) is 0 Å². The predicted molar refractivity (Wildman–Crippen MR) is 210 cm³/mol. The van der Waals surface area contributed by atoms with E-state index in [9.17, 15) is 14.4 Å². The van der Waals surface area contributed by atoms with Crippen molar-refractivity contribution in [3.8, 4) is 0 Å². The summed E-state index contributed by atoms with van der Waals surface area (Å²) in [5.74, 6) is -0.0601. The lowest BCUT2D eigenvalue weighted by Gasteiger charge is -2.18. The first kappa shape index (κ1) is 48.4. The molecule has 0 aromatic rings. The van der Waals surface area contributed by atoms with Gasteiger partial charge < -0.3 is 14.2 Å². The van der Waals surface area contributed by atoms with Gasteiger partial charge in [0.15, 0.2) is 6.10 Å². The fraction of sp³-hybridized carbons (Fsp3) is 0.932. The zero-order chi connectivity index (χ0) is 36.8. The Morgan fingerprint density at radius 1 is 0.400 bits per heavy atom. The summed E-state index contributed by atoms with van der Waals surface area (Å²) in [6, 6.07) is 0. The van der Waals surface area contributed by atoms with Gasteiger partial charge >= 0.3 is 17.9 Å². The van der Waals surface area contributed by atoms with Crippen LogP contribution in [0.2, 0.25) is 0 Å². The summed E-state index contributed by atoms with van der Waals surface area (Å²) in [6.07, 6.45) is 36.9. The molecule has 2 atom stereocenters. The Bertz CT molecular complexity index is 753. The fourth-order valence-corrected chi connectivity index (χ4v) is 6.42. The monoisotopic (exact) mass is 709 g/mol. The molecule has 0 rings (SSSR count). The van der Waals surface area contributed by atoms with E-state index < -0.39 is 6.10 Å². The molecule has 0 fully saturated rings. The van der Waals surface area contributed by atoms with Crippen LogP contribution in [0.1, 0.15) is 240 Å². The van der Waals surface area contributed by atoms with Crippen LogP contribution in [0, 0.1) is 5.92 Å². The van der Waals surface area contributed by atoms with Gasteiger partial charge in [0.2, 0.25) is 0 Å². The van der Waals surface area contributed by atoms with Crippen LogP contribution >= 0.6 is 0 Å². The highest BCUT2D eigenvalue weighted by Gasteiger charge is 2.19. The Balaban J connectivity index is 4.12. The van der Waals surface area contributed by atoms with Crippen molar-refractivity contribution in [1.29, 1.82) is 0 Å². The van der Waals surface area contributed by atoms with Gasteiger partial charge in [0.25, 0.3) is 0 Å². The second kappa shape index (κ2) is 38.6. The molecule has 6 heteroatoms. The molecular formula is C44H84O6. The van der Waals surface area contributed by atoms with Crippen LogP contribution in [0.3, 0.4) is 0 Å². The Hall–Kier alpha value is -1.59. The summed E-state index contributed by atoms with van der Waals surface area (Å²) < 4.78 is 16.6. The highest BCUT2D eigenvalue weighted by molar-refractivity contribution is 5.71. The van der Waals surface area contributed by atoms with E-state index in [4.69, 9.17) is 14.2 Å². The third kappa shape index (κ3) is 36.2. The zero-order valence-corrected chi connectivity index (χ0v) is 33.9. The van der Waals surface area contributed by atoms with Crippen LogP contribution in [0.15, 0.2) is 0 Å². The number of ether oxygens (including phenoxy) is 3. The van der Waals surface area contributed by atoms with Gasteiger partial charge in [0.05, 0.1) is 0 Å². The second-order valence-electron chi connectivity index (χ2n) is 15.2. The van der Waals surface area contributed by atoms with Crippen LogP contribution in [-0.4, -0.2) is 37.2 Å². The molecule has 0 aromatic carbocycles. The molecule has 1 unspecified atom stereocenters. The molecule has 0 aliphatic carbocycles. The smallest absolute Gasteiger partial charge is 0.306 e. The lowest BCUT2D eigenvalue weighted by Crippen LogP contribution is -2.30. The Morgan fingerprint density at radius 3 is 1.04 bits per heavy atom. The first-order chi connectivity index (χ1) is 24.4. The topological polar surface area (TPSA) is 78.9 Å². The second-order valence-corrected chi connectivity index (χ2v) is 15.2. The van der Waals surface area contributed by atoms with Gasteiger partial charge in [-0.2, -0.15) is 0 Å². The number of unbranched alkanes of at least 4 members (excludes halogenated alkanes) is 25.